The molecule has 2 rings (SSSR count). The number of amides is 3. The number of ketones is 1. The van der Waals surface area contributed by atoms with Crippen LogP contribution in [0.3, 0.4) is 0 Å². The van der Waals surface area contributed by atoms with E-state index in [1.54, 1.807) is 19.9 Å². The summed E-state index contributed by atoms with van der Waals surface area (Å²) in [4.78, 5) is 36.7. The lowest BCUT2D eigenvalue weighted by molar-refractivity contribution is 0.102. The van der Waals surface area contributed by atoms with E-state index in [2.05, 4.69) is 5.32 Å². The van der Waals surface area contributed by atoms with Crippen LogP contribution in [0.2, 0.25) is 0 Å². The molecule has 9 heteroatoms. The van der Waals surface area contributed by atoms with Gasteiger partial charge >= 0.3 is 12.1 Å². The highest BCUT2D eigenvalue weighted by molar-refractivity contribution is 6.12. The van der Waals surface area contributed by atoms with Crippen LogP contribution in [-0.2, 0) is 0 Å². The Hall–Kier alpha value is -3.75. The zero-order valence-corrected chi connectivity index (χ0v) is 20.3. The maximum absolute atomic E-state index is 12.8. The van der Waals surface area contributed by atoms with E-state index >= 15 is 0 Å². The van der Waals surface area contributed by atoms with Gasteiger partial charge in [0, 0.05) is 17.7 Å². The number of hydrogen-bond donors (Lipinski definition) is 4. The number of phenols is 2. The first kappa shape index (κ1) is 26.5. The van der Waals surface area contributed by atoms with E-state index in [9.17, 15) is 24.6 Å². The Kier molecular flexibility index (Phi) is 8.15. The lowest BCUT2D eigenvalue weighted by Gasteiger charge is -2.25. The van der Waals surface area contributed by atoms with Crippen molar-refractivity contribution in [3.63, 3.8) is 0 Å². The Labute approximate surface area is 199 Å². The molecule has 184 valence electrons. The lowest BCUT2D eigenvalue weighted by atomic mass is 10.0. The molecule has 9 nitrogen and oxygen atoms in total. The van der Waals surface area contributed by atoms with Crippen LogP contribution >= 0.6 is 0 Å². The minimum absolute atomic E-state index is 0.0291. The van der Waals surface area contributed by atoms with E-state index in [4.69, 9.17) is 9.47 Å². The number of phenolic OH excluding ortho intramolecular Hbond substituents is 2. The van der Waals surface area contributed by atoms with Crippen LogP contribution in [-0.4, -0.2) is 39.3 Å². The van der Waals surface area contributed by atoms with Crippen LogP contribution in [0.4, 0.5) is 9.59 Å². The van der Waals surface area contributed by atoms with E-state index < -0.39 is 34.8 Å². The third-order valence-corrected chi connectivity index (χ3v) is 5.44. The molecule has 0 heterocycles. The average molecular weight is 473 g/mol. The van der Waals surface area contributed by atoms with E-state index in [0.717, 1.165) is 12.5 Å². The minimum Gasteiger partial charge on any atom is -0.507 e. The van der Waals surface area contributed by atoms with Crippen LogP contribution in [0.1, 0.15) is 70.3 Å². The number of aromatic hydroxyl groups is 2. The number of hydrogen-bond acceptors (Lipinski definition) is 7. The van der Waals surface area contributed by atoms with Gasteiger partial charge in [0.05, 0.1) is 11.1 Å². The Bertz CT molecular complexity index is 1080. The molecule has 34 heavy (non-hydrogen) atoms. The molecule has 0 radical (unpaired) electrons. The zero-order valence-electron chi connectivity index (χ0n) is 20.3. The summed E-state index contributed by atoms with van der Waals surface area (Å²) in [7, 11) is 0. The highest BCUT2D eigenvalue weighted by Crippen LogP contribution is 2.32. The number of rotatable bonds is 8. The first-order valence-electron chi connectivity index (χ1n) is 11.0. The summed E-state index contributed by atoms with van der Waals surface area (Å²) >= 11 is 0. The highest BCUT2D eigenvalue weighted by Gasteiger charge is 2.22. The molecule has 0 aliphatic rings. The van der Waals surface area contributed by atoms with Gasteiger partial charge in [0.1, 0.15) is 28.6 Å². The second kappa shape index (κ2) is 10.5. The summed E-state index contributed by atoms with van der Waals surface area (Å²) in [5.41, 5.74) is -1.08. The normalized spacial score (nSPS) is 11.5. The molecule has 0 aliphatic carbocycles. The number of imide groups is 1. The van der Waals surface area contributed by atoms with Gasteiger partial charge in [-0.1, -0.05) is 13.8 Å². The van der Waals surface area contributed by atoms with Crippen molar-refractivity contribution in [2.45, 2.75) is 65.5 Å². The number of benzene rings is 2. The van der Waals surface area contributed by atoms with Crippen molar-refractivity contribution in [3.8, 4) is 23.0 Å². The Morgan fingerprint density at radius 3 is 1.88 bits per heavy atom. The fourth-order valence-electron chi connectivity index (χ4n) is 2.72. The third-order valence-electron chi connectivity index (χ3n) is 5.44. The first-order valence-corrected chi connectivity index (χ1v) is 11.0. The van der Waals surface area contributed by atoms with E-state index in [-0.39, 0.29) is 22.6 Å². The summed E-state index contributed by atoms with van der Waals surface area (Å²) in [6.45, 7) is 11.3. The van der Waals surface area contributed by atoms with E-state index in [1.807, 2.05) is 33.0 Å². The van der Waals surface area contributed by atoms with Crippen LogP contribution in [0, 0.1) is 0 Å². The number of nitrogens with one attached hydrogen (secondary N) is 2. The lowest BCUT2D eigenvalue weighted by Crippen LogP contribution is -2.50. The van der Waals surface area contributed by atoms with Crippen LogP contribution in [0.25, 0.3) is 0 Å². The Morgan fingerprint density at radius 1 is 0.853 bits per heavy atom. The molecule has 0 bridgehead atoms. The minimum atomic E-state index is -1.05. The van der Waals surface area contributed by atoms with Gasteiger partial charge < -0.3 is 25.0 Å². The maximum atomic E-state index is 12.8. The predicted octanol–water partition coefficient (Wildman–Crippen LogP) is 4.88. The van der Waals surface area contributed by atoms with Crippen molar-refractivity contribution in [2.24, 2.45) is 0 Å². The van der Waals surface area contributed by atoms with Gasteiger partial charge in [-0.05, 0) is 64.8 Å². The first-order chi connectivity index (χ1) is 15.8. The third kappa shape index (κ3) is 7.13. The van der Waals surface area contributed by atoms with Gasteiger partial charge in [-0.25, -0.2) is 14.9 Å². The molecule has 0 saturated heterocycles. The summed E-state index contributed by atoms with van der Waals surface area (Å²) in [5.74, 6) is -1.06. The fourth-order valence-corrected chi connectivity index (χ4v) is 2.72. The van der Waals surface area contributed by atoms with Crippen molar-refractivity contribution in [1.29, 1.82) is 0 Å². The molecule has 0 fully saturated rings. The SMILES string of the molecule is CCC(C)(C)NC(=O)NC(=O)Oc1ccc(C(=O)c2ccc(OC(C)(C)CC)cc2O)c(O)c1. The summed E-state index contributed by atoms with van der Waals surface area (Å²) in [6, 6.07) is 7.20. The molecule has 0 unspecified atom stereocenters. The van der Waals surface area contributed by atoms with Gasteiger partial charge in [0.15, 0.2) is 5.78 Å². The number of carbonyl (C=O) groups is 3. The topological polar surface area (TPSA) is 134 Å². The Balaban J connectivity index is 2.10. The molecule has 0 atom stereocenters. The van der Waals surface area contributed by atoms with Crippen LogP contribution in [0.15, 0.2) is 36.4 Å². The molecular weight excluding hydrogens is 440 g/mol. The van der Waals surface area contributed by atoms with Crippen molar-refractivity contribution in [3.05, 3.63) is 47.5 Å². The maximum Gasteiger partial charge on any atom is 0.420 e. The summed E-state index contributed by atoms with van der Waals surface area (Å²) in [5, 5.41) is 25.3. The second-order valence-electron chi connectivity index (χ2n) is 9.11. The quantitative estimate of drug-likeness (QED) is 0.402. The molecule has 0 spiro atoms. The van der Waals surface area contributed by atoms with E-state index in [1.165, 1.54) is 24.3 Å². The van der Waals surface area contributed by atoms with Crippen molar-refractivity contribution < 1.29 is 34.1 Å². The number of ether oxygens (including phenoxy) is 2. The van der Waals surface area contributed by atoms with Gasteiger partial charge in [-0.15, -0.1) is 0 Å². The number of urea groups is 1. The standard InChI is InChI=1S/C25H32N2O7/c1-7-24(3,4)27-22(31)26-23(32)33-15-9-11-17(19(28)13-15)21(30)18-12-10-16(14-20(18)29)34-25(5,6)8-2/h9-14,28-29H,7-8H2,1-6H3,(H2,26,27,31,32). The molecule has 2 aromatic rings. The highest BCUT2D eigenvalue weighted by atomic mass is 16.6. The second-order valence-corrected chi connectivity index (χ2v) is 9.11. The molecule has 3 amide bonds. The largest absolute Gasteiger partial charge is 0.507 e. The van der Waals surface area contributed by atoms with Crippen molar-refractivity contribution >= 4 is 17.9 Å². The average Bonchev–Trinajstić information content (AvgIpc) is 2.72. The smallest absolute Gasteiger partial charge is 0.420 e. The zero-order chi connectivity index (χ0) is 25.7. The monoisotopic (exact) mass is 472 g/mol. The predicted molar refractivity (Wildman–Crippen MR) is 127 cm³/mol. The van der Waals surface area contributed by atoms with Crippen LogP contribution < -0.4 is 20.1 Å². The molecule has 4 N–H and O–H groups in total. The van der Waals surface area contributed by atoms with Crippen molar-refractivity contribution in [2.75, 3.05) is 0 Å². The fraction of sp³-hybridized carbons (Fsp3) is 0.400. The number of carbonyl (C=O) groups excluding carboxylic acids is 3. The molecule has 2 aromatic carbocycles. The summed E-state index contributed by atoms with van der Waals surface area (Å²) < 4.78 is 10.8. The molecular formula is C25H32N2O7. The van der Waals surface area contributed by atoms with Crippen LogP contribution in [0.5, 0.6) is 23.0 Å². The molecule has 0 saturated carbocycles. The molecule has 0 aliphatic heterocycles. The molecule has 0 aromatic heterocycles. The van der Waals surface area contributed by atoms with Gasteiger partial charge in [0.2, 0.25) is 0 Å². The Morgan fingerprint density at radius 2 is 1.38 bits per heavy atom. The van der Waals surface area contributed by atoms with Crippen molar-refractivity contribution in [1.82, 2.24) is 10.6 Å². The van der Waals surface area contributed by atoms with E-state index in [0.29, 0.717) is 12.2 Å². The summed E-state index contributed by atoms with van der Waals surface area (Å²) in [6.07, 6.45) is 0.350. The van der Waals surface area contributed by atoms with Gasteiger partial charge in [-0.3, -0.25) is 4.79 Å². The van der Waals surface area contributed by atoms with Gasteiger partial charge in [-0.2, -0.15) is 0 Å². The van der Waals surface area contributed by atoms with Gasteiger partial charge in [0.25, 0.3) is 0 Å².